The topological polar surface area (TPSA) is 67.8 Å². The van der Waals surface area contributed by atoms with Gasteiger partial charge in [-0.15, -0.1) is 10.2 Å². The molecule has 2 heterocycles. The summed E-state index contributed by atoms with van der Waals surface area (Å²) in [5.74, 6) is 0.336. The van der Waals surface area contributed by atoms with Crippen LogP contribution in [-0.4, -0.2) is 21.1 Å². The lowest BCUT2D eigenvalue weighted by molar-refractivity contribution is -0.117. The summed E-state index contributed by atoms with van der Waals surface area (Å²) in [6.07, 6.45) is 4.32. The van der Waals surface area contributed by atoms with Crippen molar-refractivity contribution in [1.82, 2.24) is 15.2 Å². The molecule has 1 amide bonds. The first-order valence-corrected chi connectivity index (χ1v) is 9.89. The van der Waals surface area contributed by atoms with Gasteiger partial charge in [0.1, 0.15) is 5.01 Å². The fourth-order valence-corrected chi connectivity index (χ4v) is 3.92. The van der Waals surface area contributed by atoms with Crippen LogP contribution in [0.1, 0.15) is 44.2 Å². The van der Waals surface area contributed by atoms with Crippen LogP contribution in [0.3, 0.4) is 0 Å². The molecule has 138 valence electrons. The van der Waals surface area contributed by atoms with E-state index in [2.05, 4.69) is 65.5 Å². The molecule has 4 rings (SSSR count). The fraction of sp³-hybridized carbons (Fsp3) is 0.333. The van der Waals surface area contributed by atoms with Gasteiger partial charge in [-0.05, 0) is 41.0 Å². The number of hydrogen-bond acceptors (Lipinski definition) is 5. The molecule has 3 aromatic rings. The summed E-state index contributed by atoms with van der Waals surface area (Å²) in [6.45, 7) is 6.62. The highest BCUT2D eigenvalue weighted by atomic mass is 32.1. The molecule has 6 heteroatoms. The van der Waals surface area contributed by atoms with Crippen molar-refractivity contribution in [1.29, 1.82) is 0 Å². The van der Waals surface area contributed by atoms with Crippen LogP contribution in [0.15, 0.2) is 48.8 Å². The van der Waals surface area contributed by atoms with Crippen LogP contribution < -0.4 is 5.32 Å². The molecule has 1 saturated carbocycles. The van der Waals surface area contributed by atoms with Crippen molar-refractivity contribution in [2.45, 2.75) is 38.5 Å². The highest BCUT2D eigenvalue weighted by molar-refractivity contribution is 7.18. The van der Waals surface area contributed by atoms with Crippen molar-refractivity contribution >= 4 is 22.4 Å². The van der Waals surface area contributed by atoms with E-state index < -0.39 is 0 Å². The third-order valence-electron chi connectivity index (χ3n) is 4.91. The first-order chi connectivity index (χ1) is 12.9. The van der Waals surface area contributed by atoms with Crippen molar-refractivity contribution in [3.05, 3.63) is 59.9 Å². The molecule has 5 nitrogen and oxygen atoms in total. The Labute approximate surface area is 162 Å². The van der Waals surface area contributed by atoms with Gasteiger partial charge in [-0.25, -0.2) is 0 Å². The number of rotatable bonds is 4. The maximum absolute atomic E-state index is 12.5. The number of anilines is 1. The lowest BCUT2D eigenvalue weighted by Gasteiger charge is -2.19. The van der Waals surface area contributed by atoms with E-state index in [4.69, 9.17) is 0 Å². The molecular formula is C21H22N4OS. The smallest absolute Gasteiger partial charge is 0.229 e. The second-order valence-electron chi connectivity index (χ2n) is 7.96. The number of pyridine rings is 1. The molecule has 1 aromatic carbocycles. The number of carbonyl (C=O) groups is 1. The zero-order valence-electron chi connectivity index (χ0n) is 15.6. The third-order valence-corrected chi connectivity index (χ3v) is 5.80. The number of hydrogen-bond donors (Lipinski definition) is 1. The van der Waals surface area contributed by atoms with E-state index >= 15 is 0 Å². The standard InChI is InChI=1S/C21H22N4OS/c1-21(2,3)15-6-4-13(5-7-15)16-12-17(16)18(26)23-20-25-24-19(27-20)14-8-10-22-11-9-14/h4-11,16-17H,12H2,1-3H3,(H,23,25,26)/t16-,17+/m1/s1. The average molecular weight is 379 g/mol. The largest absolute Gasteiger partial charge is 0.300 e. The van der Waals surface area contributed by atoms with E-state index in [9.17, 15) is 4.79 Å². The van der Waals surface area contributed by atoms with Crippen LogP contribution >= 0.6 is 11.3 Å². The van der Waals surface area contributed by atoms with Gasteiger partial charge in [-0.2, -0.15) is 0 Å². The molecule has 1 aliphatic carbocycles. The lowest BCUT2D eigenvalue weighted by Crippen LogP contribution is -2.14. The number of benzene rings is 1. The lowest BCUT2D eigenvalue weighted by atomic mass is 9.86. The summed E-state index contributed by atoms with van der Waals surface area (Å²) in [4.78, 5) is 16.5. The van der Waals surface area contributed by atoms with Gasteiger partial charge in [-0.3, -0.25) is 9.78 Å². The van der Waals surface area contributed by atoms with Crippen LogP contribution in [0.25, 0.3) is 10.6 Å². The van der Waals surface area contributed by atoms with Crippen LogP contribution in [0.2, 0.25) is 0 Å². The molecule has 1 N–H and O–H groups in total. The first kappa shape index (κ1) is 17.8. The minimum Gasteiger partial charge on any atom is -0.300 e. The van der Waals surface area contributed by atoms with Crippen LogP contribution in [0, 0.1) is 5.92 Å². The van der Waals surface area contributed by atoms with Gasteiger partial charge in [-0.1, -0.05) is 56.4 Å². The summed E-state index contributed by atoms with van der Waals surface area (Å²) in [5, 5.41) is 12.5. The maximum atomic E-state index is 12.5. The van der Waals surface area contributed by atoms with Gasteiger partial charge < -0.3 is 5.32 Å². The number of nitrogens with zero attached hydrogens (tertiary/aromatic N) is 3. The quantitative estimate of drug-likeness (QED) is 0.718. The van der Waals surface area contributed by atoms with Crippen molar-refractivity contribution in [2.24, 2.45) is 5.92 Å². The van der Waals surface area contributed by atoms with Gasteiger partial charge in [0.15, 0.2) is 0 Å². The van der Waals surface area contributed by atoms with Crippen molar-refractivity contribution < 1.29 is 4.79 Å². The Morgan fingerprint density at radius 1 is 1.07 bits per heavy atom. The molecule has 0 aliphatic heterocycles. The summed E-state index contributed by atoms with van der Waals surface area (Å²) in [6, 6.07) is 12.4. The van der Waals surface area contributed by atoms with Crippen molar-refractivity contribution in [3.8, 4) is 10.6 Å². The monoisotopic (exact) mass is 378 g/mol. The number of amides is 1. The Kier molecular flexibility index (Phi) is 4.52. The van der Waals surface area contributed by atoms with Crippen molar-refractivity contribution in [3.63, 3.8) is 0 Å². The Balaban J connectivity index is 1.39. The van der Waals surface area contributed by atoms with Gasteiger partial charge in [0.2, 0.25) is 11.0 Å². The summed E-state index contributed by atoms with van der Waals surface area (Å²) in [7, 11) is 0. The van der Waals surface area contributed by atoms with E-state index in [-0.39, 0.29) is 17.2 Å². The second-order valence-corrected chi connectivity index (χ2v) is 8.94. The Bertz CT molecular complexity index is 944. The maximum Gasteiger partial charge on any atom is 0.229 e. The highest BCUT2D eigenvalue weighted by Crippen LogP contribution is 2.48. The van der Waals surface area contributed by atoms with E-state index in [1.807, 2.05) is 12.1 Å². The predicted molar refractivity (Wildman–Crippen MR) is 108 cm³/mol. The molecule has 2 aromatic heterocycles. The summed E-state index contributed by atoms with van der Waals surface area (Å²) >= 11 is 1.38. The number of aromatic nitrogens is 3. The molecule has 0 radical (unpaired) electrons. The number of nitrogens with one attached hydrogen (secondary N) is 1. The van der Waals surface area contributed by atoms with Gasteiger partial charge in [0.25, 0.3) is 0 Å². The molecule has 27 heavy (non-hydrogen) atoms. The fourth-order valence-electron chi connectivity index (χ4n) is 3.17. The molecule has 2 atom stereocenters. The SMILES string of the molecule is CC(C)(C)c1ccc([C@H]2C[C@@H]2C(=O)Nc2nnc(-c3ccncc3)s2)cc1. The second kappa shape index (κ2) is 6.85. The van der Waals surface area contributed by atoms with Crippen LogP contribution in [0.5, 0.6) is 0 Å². The summed E-state index contributed by atoms with van der Waals surface area (Å²) < 4.78 is 0. The molecular weight excluding hydrogens is 356 g/mol. The molecule has 0 saturated heterocycles. The molecule has 0 bridgehead atoms. The normalized spacial score (nSPS) is 18.9. The predicted octanol–water partition coefficient (Wildman–Crippen LogP) is 4.64. The number of carbonyl (C=O) groups excluding carboxylic acids is 1. The van der Waals surface area contributed by atoms with E-state index in [1.165, 1.54) is 22.5 Å². The minimum atomic E-state index is 0.0127. The van der Waals surface area contributed by atoms with E-state index in [0.29, 0.717) is 11.0 Å². The Morgan fingerprint density at radius 2 is 1.78 bits per heavy atom. The van der Waals surface area contributed by atoms with Gasteiger partial charge in [0.05, 0.1) is 0 Å². The first-order valence-electron chi connectivity index (χ1n) is 9.07. The molecule has 0 unspecified atom stereocenters. The minimum absolute atomic E-state index is 0.0127. The third kappa shape index (κ3) is 3.90. The van der Waals surface area contributed by atoms with Crippen LogP contribution in [0.4, 0.5) is 5.13 Å². The Morgan fingerprint density at radius 3 is 2.44 bits per heavy atom. The molecule has 0 spiro atoms. The molecule has 1 fully saturated rings. The van der Waals surface area contributed by atoms with Crippen molar-refractivity contribution in [2.75, 3.05) is 5.32 Å². The Hall–Kier alpha value is -2.60. The highest BCUT2D eigenvalue weighted by Gasteiger charge is 2.44. The van der Waals surface area contributed by atoms with Gasteiger partial charge in [0, 0.05) is 23.9 Å². The zero-order valence-corrected chi connectivity index (χ0v) is 16.5. The zero-order chi connectivity index (χ0) is 19.0. The summed E-state index contributed by atoms with van der Waals surface area (Å²) in [5.41, 5.74) is 3.64. The molecule has 1 aliphatic rings. The average Bonchev–Trinajstić information content (AvgIpc) is 3.34. The van der Waals surface area contributed by atoms with E-state index in [0.717, 1.165) is 17.0 Å². The van der Waals surface area contributed by atoms with E-state index in [1.54, 1.807) is 12.4 Å². The van der Waals surface area contributed by atoms with Gasteiger partial charge >= 0.3 is 0 Å². The van der Waals surface area contributed by atoms with Crippen LogP contribution in [-0.2, 0) is 10.2 Å².